The Labute approximate surface area is 214 Å². The predicted molar refractivity (Wildman–Crippen MR) is 142 cm³/mol. The minimum Gasteiger partial charge on any atom is -0.462 e. The number of amidine groups is 1. The average molecular weight is 500 g/mol. The third kappa shape index (κ3) is 4.89. The molecule has 2 aliphatic rings. The lowest BCUT2D eigenvalue weighted by Gasteiger charge is -2.16. The SMILES string of the molecule is CCOC(=O)C1=C(C)Nc2ccccc2N=C1NC(=O)c1ccc2c(=O)n3c(nc2c1)CCCCCC3. The van der Waals surface area contributed by atoms with E-state index in [1.165, 1.54) is 0 Å². The molecule has 3 aromatic rings. The van der Waals surface area contributed by atoms with Gasteiger partial charge in [-0.1, -0.05) is 25.0 Å². The lowest BCUT2D eigenvalue weighted by Crippen LogP contribution is -2.35. The van der Waals surface area contributed by atoms with E-state index in [1.807, 2.05) is 18.2 Å². The van der Waals surface area contributed by atoms with E-state index in [9.17, 15) is 14.4 Å². The molecule has 1 aromatic heterocycles. The van der Waals surface area contributed by atoms with Gasteiger partial charge in [-0.3, -0.25) is 14.2 Å². The molecule has 0 spiro atoms. The van der Waals surface area contributed by atoms with Crippen molar-refractivity contribution in [1.82, 2.24) is 14.9 Å². The first-order valence-electron chi connectivity index (χ1n) is 12.6. The number of carbonyl (C=O) groups is 2. The van der Waals surface area contributed by atoms with Gasteiger partial charge in [0.1, 0.15) is 17.2 Å². The maximum atomic E-state index is 13.4. The van der Waals surface area contributed by atoms with E-state index < -0.39 is 11.9 Å². The zero-order valence-electron chi connectivity index (χ0n) is 21.0. The van der Waals surface area contributed by atoms with Crippen molar-refractivity contribution < 1.29 is 14.3 Å². The second-order valence-electron chi connectivity index (χ2n) is 9.16. The molecule has 0 radical (unpaired) electrons. The lowest BCUT2D eigenvalue weighted by atomic mass is 10.1. The molecule has 0 saturated heterocycles. The van der Waals surface area contributed by atoms with E-state index in [0.29, 0.717) is 40.1 Å². The summed E-state index contributed by atoms with van der Waals surface area (Å²) in [5.41, 5.74) is 2.65. The molecule has 0 unspecified atom stereocenters. The third-order valence-corrected chi connectivity index (χ3v) is 6.61. The summed E-state index contributed by atoms with van der Waals surface area (Å²) in [4.78, 5) is 48.7. The number of esters is 1. The van der Waals surface area contributed by atoms with Gasteiger partial charge in [-0.2, -0.15) is 0 Å². The predicted octanol–water partition coefficient (Wildman–Crippen LogP) is 4.24. The first-order valence-corrected chi connectivity index (χ1v) is 12.6. The summed E-state index contributed by atoms with van der Waals surface area (Å²) < 4.78 is 7.02. The van der Waals surface area contributed by atoms with Crippen molar-refractivity contribution >= 4 is 40.0 Å². The Hall–Kier alpha value is -4.27. The van der Waals surface area contributed by atoms with Crippen molar-refractivity contribution in [3.8, 4) is 0 Å². The van der Waals surface area contributed by atoms with Crippen molar-refractivity contribution in [3.05, 3.63) is 75.5 Å². The van der Waals surface area contributed by atoms with Crippen molar-refractivity contribution in [2.24, 2.45) is 4.99 Å². The van der Waals surface area contributed by atoms with Gasteiger partial charge in [0, 0.05) is 24.2 Å². The molecule has 1 amide bonds. The molecule has 190 valence electrons. The van der Waals surface area contributed by atoms with Crippen molar-refractivity contribution in [3.63, 3.8) is 0 Å². The maximum absolute atomic E-state index is 13.4. The molecule has 2 aromatic carbocycles. The molecule has 9 heteroatoms. The Bertz CT molecular complexity index is 1520. The minimum absolute atomic E-state index is 0.0761. The first kappa shape index (κ1) is 24.4. The standard InChI is InChI=1S/C28H29N5O4/c1-3-37-28(36)24-17(2)29-20-10-7-8-11-21(20)31-25(24)32-26(34)18-13-14-19-22(16-18)30-23-12-6-4-5-9-15-33(23)27(19)35/h7-8,10-11,13-14,16,29H,3-6,9,12,15H2,1-2H3,(H,31,32,34). The van der Waals surface area contributed by atoms with Gasteiger partial charge in [-0.15, -0.1) is 0 Å². The molecule has 3 heterocycles. The molecule has 0 atom stereocenters. The number of aryl methyl sites for hydroxylation is 1. The van der Waals surface area contributed by atoms with E-state index in [4.69, 9.17) is 9.72 Å². The summed E-state index contributed by atoms with van der Waals surface area (Å²) in [6.07, 6.45) is 4.89. The van der Waals surface area contributed by atoms with Crippen LogP contribution in [-0.2, 0) is 22.5 Å². The van der Waals surface area contributed by atoms with Crippen LogP contribution in [0.25, 0.3) is 10.9 Å². The lowest BCUT2D eigenvalue weighted by molar-refractivity contribution is -0.137. The van der Waals surface area contributed by atoms with Crippen molar-refractivity contribution in [1.29, 1.82) is 0 Å². The largest absolute Gasteiger partial charge is 0.462 e. The van der Waals surface area contributed by atoms with E-state index in [1.54, 1.807) is 42.7 Å². The Morgan fingerprint density at radius 1 is 1.11 bits per heavy atom. The number of hydrogen-bond donors (Lipinski definition) is 2. The molecule has 5 rings (SSSR count). The highest BCUT2D eigenvalue weighted by Crippen LogP contribution is 2.30. The maximum Gasteiger partial charge on any atom is 0.343 e. The van der Waals surface area contributed by atoms with Gasteiger partial charge in [0.15, 0.2) is 0 Å². The van der Waals surface area contributed by atoms with Crippen LogP contribution in [0.4, 0.5) is 11.4 Å². The molecule has 0 fully saturated rings. The van der Waals surface area contributed by atoms with Crippen LogP contribution in [0.15, 0.2) is 63.5 Å². The molecule has 0 saturated carbocycles. The van der Waals surface area contributed by atoms with Crippen LogP contribution in [0.5, 0.6) is 0 Å². The van der Waals surface area contributed by atoms with E-state index >= 15 is 0 Å². The summed E-state index contributed by atoms with van der Waals surface area (Å²) in [7, 11) is 0. The number of fused-ring (bicyclic) bond motifs is 3. The zero-order valence-corrected chi connectivity index (χ0v) is 21.0. The Kier molecular flexibility index (Phi) is 6.85. The van der Waals surface area contributed by atoms with Gasteiger partial charge in [-0.25, -0.2) is 14.8 Å². The number of aromatic nitrogens is 2. The highest BCUT2D eigenvalue weighted by molar-refractivity contribution is 6.25. The number of allylic oxidation sites excluding steroid dienone is 1. The molecular weight excluding hydrogens is 470 g/mol. The summed E-state index contributed by atoms with van der Waals surface area (Å²) >= 11 is 0. The number of ether oxygens (including phenoxy) is 1. The number of benzene rings is 2. The quantitative estimate of drug-likeness (QED) is 0.521. The van der Waals surface area contributed by atoms with Gasteiger partial charge in [0.2, 0.25) is 0 Å². The third-order valence-electron chi connectivity index (χ3n) is 6.61. The van der Waals surface area contributed by atoms with Crippen LogP contribution in [0.2, 0.25) is 0 Å². The molecule has 0 bridgehead atoms. The minimum atomic E-state index is -0.592. The van der Waals surface area contributed by atoms with Crippen LogP contribution in [-0.4, -0.2) is 33.9 Å². The monoisotopic (exact) mass is 499 g/mol. The fourth-order valence-corrected chi connectivity index (χ4v) is 4.75. The number of carbonyl (C=O) groups excluding carboxylic acids is 2. The first-order chi connectivity index (χ1) is 18.0. The van der Waals surface area contributed by atoms with E-state index in [0.717, 1.165) is 37.9 Å². The molecule has 2 aliphatic heterocycles. The van der Waals surface area contributed by atoms with Gasteiger partial charge in [0.25, 0.3) is 11.5 Å². The summed E-state index contributed by atoms with van der Waals surface area (Å²) in [6, 6.07) is 12.2. The van der Waals surface area contributed by atoms with Crippen molar-refractivity contribution in [2.45, 2.75) is 52.5 Å². The highest BCUT2D eigenvalue weighted by atomic mass is 16.5. The number of nitrogens with zero attached hydrogens (tertiary/aromatic N) is 3. The number of anilines is 1. The fraction of sp³-hybridized carbons (Fsp3) is 0.321. The normalized spacial score (nSPS) is 15.4. The summed E-state index contributed by atoms with van der Waals surface area (Å²) in [6.45, 7) is 4.30. The molecular formula is C28H29N5O4. The van der Waals surface area contributed by atoms with Crippen LogP contribution >= 0.6 is 0 Å². The van der Waals surface area contributed by atoms with Gasteiger partial charge < -0.3 is 15.4 Å². The Morgan fingerprint density at radius 2 is 1.92 bits per heavy atom. The Morgan fingerprint density at radius 3 is 2.76 bits per heavy atom. The van der Waals surface area contributed by atoms with Gasteiger partial charge in [-0.05, 0) is 57.0 Å². The smallest absolute Gasteiger partial charge is 0.343 e. The molecule has 0 aliphatic carbocycles. The Balaban J connectivity index is 1.52. The molecule has 37 heavy (non-hydrogen) atoms. The van der Waals surface area contributed by atoms with E-state index in [2.05, 4.69) is 15.6 Å². The second kappa shape index (κ2) is 10.4. The van der Waals surface area contributed by atoms with Crippen LogP contribution in [0.1, 0.15) is 55.7 Å². The van der Waals surface area contributed by atoms with Crippen LogP contribution < -0.4 is 16.2 Å². The molecule has 2 N–H and O–H groups in total. The fourth-order valence-electron chi connectivity index (χ4n) is 4.75. The number of nitrogens with one attached hydrogen (secondary N) is 2. The summed E-state index contributed by atoms with van der Waals surface area (Å²) in [5, 5.41) is 6.47. The molecule has 9 nitrogen and oxygen atoms in total. The topological polar surface area (TPSA) is 115 Å². The van der Waals surface area contributed by atoms with Gasteiger partial charge in [0.05, 0.1) is 28.9 Å². The van der Waals surface area contributed by atoms with Crippen LogP contribution in [0, 0.1) is 0 Å². The average Bonchev–Trinajstić information content (AvgIpc) is 3.00. The van der Waals surface area contributed by atoms with Gasteiger partial charge >= 0.3 is 5.97 Å². The number of amides is 1. The second-order valence-corrected chi connectivity index (χ2v) is 9.16. The van der Waals surface area contributed by atoms with Crippen molar-refractivity contribution in [2.75, 3.05) is 11.9 Å². The number of rotatable bonds is 3. The number of para-hydroxylation sites is 2. The summed E-state index contributed by atoms with van der Waals surface area (Å²) in [5.74, 6) is -0.215. The highest BCUT2D eigenvalue weighted by Gasteiger charge is 2.26. The van der Waals surface area contributed by atoms with E-state index in [-0.39, 0.29) is 23.6 Å². The zero-order chi connectivity index (χ0) is 25.9. The number of aliphatic imine (C=N–C) groups is 1. The van der Waals surface area contributed by atoms with Crippen LogP contribution in [0.3, 0.4) is 0 Å². The number of hydrogen-bond acceptors (Lipinski definition) is 7.